The highest BCUT2D eigenvalue weighted by Crippen LogP contribution is 2.50. The van der Waals surface area contributed by atoms with E-state index in [-0.39, 0.29) is 11.4 Å². The van der Waals surface area contributed by atoms with Crippen LogP contribution in [0.3, 0.4) is 0 Å². The Balaban J connectivity index is 2.45. The van der Waals surface area contributed by atoms with E-state index in [0.29, 0.717) is 13.2 Å². The Morgan fingerprint density at radius 1 is 1.53 bits per heavy atom. The number of methoxy groups -OCH3 is 1. The first-order valence-electron chi connectivity index (χ1n) is 5.66. The number of thiophene rings is 1. The van der Waals surface area contributed by atoms with Crippen LogP contribution in [0.15, 0.2) is 11.4 Å². The molecule has 3 nitrogen and oxygen atoms in total. The van der Waals surface area contributed by atoms with Gasteiger partial charge in [0.25, 0.3) is 0 Å². The molecule has 0 N–H and O–H groups in total. The molecule has 0 aliphatic carbocycles. The summed E-state index contributed by atoms with van der Waals surface area (Å²) in [5.41, 5.74) is 0.448. The van der Waals surface area contributed by atoms with E-state index in [1.165, 1.54) is 17.6 Å². The van der Waals surface area contributed by atoms with Crippen LogP contribution in [-0.2, 0) is 19.7 Å². The fourth-order valence-corrected chi connectivity index (χ4v) is 3.66. The molecule has 0 spiro atoms. The second-order valence-corrected chi connectivity index (χ2v) is 6.04. The summed E-state index contributed by atoms with van der Waals surface area (Å²) in [6.45, 7) is 7.16. The van der Waals surface area contributed by atoms with Crippen LogP contribution >= 0.6 is 11.3 Å². The predicted octanol–water partition coefficient (Wildman–Crippen LogP) is 2.52. The lowest BCUT2D eigenvalue weighted by atomic mass is 9.62. The molecular weight excluding hydrogens is 236 g/mol. The van der Waals surface area contributed by atoms with Gasteiger partial charge in [-0.1, -0.05) is 0 Å². The minimum Gasteiger partial charge on any atom is -0.469 e. The van der Waals surface area contributed by atoms with Crippen LogP contribution in [0.4, 0.5) is 0 Å². The summed E-state index contributed by atoms with van der Waals surface area (Å²) < 4.78 is 10.3. The van der Waals surface area contributed by atoms with Crippen molar-refractivity contribution in [3.8, 4) is 0 Å². The molecule has 2 rings (SSSR count). The van der Waals surface area contributed by atoms with Crippen molar-refractivity contribution in [3.05, 3.63) is 21.9 Å². The predicted molar refractivity (Wildman–Crippen MR) is 67.4 cm³/mol. The first kappa shape index (κ1) is 12.6. The van der Waals surface area contributed by atoms with Crippen molar-refractivity contribution in [1.29, 1.82) is 0 Å². The normalized spacial score (nSPS) is 18.6. The minimum absolute atomic E-state index is 0.173. The molecule has 0 saturated carbocycles. The fraction of sp³-hybridized carbons (Fsp3) is 0.615. The van der Waals surface area contributed by atoms with Gasteiger partial charge in [0.05, 0.1) is 31.2 Å². The van der Waals surface area contributed by atoms with E-state index in [2.05, 4.69) is 18.4 Å². The lowest BCUT2D eigenvalue weighted by Crippen LogP contribution is -2.59. The van der Waals surface area contributed by atoms with Crippen LogP contribution in [0, 0.1) is 12.3 Å². The van der Waals surface area contributed by atoms with Crippen LogP contribution < -0.4 is 0 Å². The third-order valence-electron chi connectivity index (χ3n) is 3.89. The lowest BCUT2D eigenvalue weighted by Gasteiger charge is -2.50. The first-order valence-corrected chi connectivity index (χ1v) is 6.54. The largest absolute Gasteiger partial charge is 0.469 e. The van der Waals surface area contributed by atoms with Gasteiger partial charge in [0.1, 0.15) is 0 Å². The van der Waals surface area contributed by atoms with E-state index in [1.54, 1.807) is 11.3 Å². The van der Waals surface area contributed by atoms with Gasteiger partial charge in [0.15, 0.2) is 0 Å². The van der Waals surface area contributed by atoms with E-state index in [0.717, 1.165) is 0 Å². The van der Waals surface area contributed by atoms with Crippen molar-refractivity contribution in [3.63, 3.8) is 0 Å². The van der Waals surface area contributed by atoms with Crippen molar-refractivity contribution < 1.29 is 14.3 Å². The topological polar surface area (TPSA) is 35.5 Å². The van der Waals surface area contributed by atoms with Crippen molar-refractivity contribution in [1.82, 2.24) is 0 Å². The summed E-state index contributed by atoms with van der Waals surface area (Å²) in [6, 6.07) is 2.09. The van der Waals surface area contributed by atoms with E-state index in [4.69, 9.17) is 9.47 Å². The summed E-state index contributed by atoms with van der Waals surface area (Å²) in [5.74, 6) is -0.173. The van der Waals surface area contributed by atoms with Gasteiger partial charge >= 0.3 is 5.97 Å². The number of carbonyl (C=O) groups is 1. The molecule has 1 fully saturated rings. The zero-order valence-electron chi connectivity index (χ0n) is 10.7. The molecule has 94 valence electrons. The third-order valence-corrected chi connectivity index (χ3v) is 5.11. The third kappa shape index (κ3) is 1.62. The molecule has 0 atom stereocenters. The molecule has 4 heteroatoms. The molecule has 2 heterocycles. The van der Waals surface area contributed by atoms with Gasteiger partial charge in [0.2, 0.25) is 0 Å². The van der Waals surface area contributed by atoms with Crippen LogP contribution in [-0.4, -0.2) is 26.3 Å². The van der Waals surface area contributed by atoms with E-state index >= 15 is 0 Å². The Kier molecular flexibility index (Phi) is 3.04. The molecule has 1 saturated heterocycles. The van der Waals surface area contributed by atoms with Crippen molar-refractivity contribution in [2.75, 3.05) is 20.3 Å². The Bertz CT molecular complexity index is 430. The van der Waals surface area contributed by atoms with Crippen molar-refractivity contribution >= 4 is 17.3 Å². The smallest absolute Gasteiger partial charge is 0.312 e. The summed E-state index contributed by atoms with van der Waals surface area (Å²) in [5, 5.41) is 2.07. The standard InChI is InChI=1S/C13H18O3S/c1-9-5-6-17-10(9)13(7-16-8-13)12(2,3)11(14)15-4/h5-6H,7-8H2,1-4H3. The number of hydrogen-bond donors (Lipinski definition) is 0. The van der Waals surface area contributed by atoms with Crippen molar-refractivity contribution in [2.45, 2.75) is 26.2 Å². The molecule has 0 amide bonds. The van der Waals surface area contributed by atoms with Crippen LogP contribution in [0.5, 0.6) is 0 Å². The number of rotatable bonds is 3. The van der Waals surface area contributed by atoms with E-state index < -0.39 is 5.41 Å². The van der Waals surface area contributed by atoms with Gasteiger partial charge in [-0.05, 0) is 37.8 Å². The molecule has 1 aromatic heterocycles. The van der Waals surface area contributed by atoms with Gasteiger partial charge in [0, 0.05) is 4.88 Å². The van der Waals surface area contributed by atoms with E-state index in [1.807, 2.05) is 13.8 Å². The zero-order chi connectivity index (χ0) is 12.7. The molecule has 1 aliphatic rings. The Hall–Kier alpha value is -0.870. The van der Waals surface area contributed by atoms with Gasteiger partial charge in [-0.15, -0.1) is 11.3 Å². The fourth-order valence-electron chi connectivity index (χ4n) is 2.40. The van der Waals surface area contributed by atoms with Crippen molar-refractivity contribution in [2.24, 2.45) is 5.41 Å². The Labute approximate surface area is 106 Å². The molecular formula is C13H18O3S. The lowest BCUT2D eigenvalue weighted by molar-refractivity contribution is -0.174. The Morgan fingerprint density at radius 2 is 2.18 bits per heavy atom. The number of carbonyl (C=O) groups excluding carboxylic acids is 1. The molecule has 0 radical (unpaired) electrons. The minimum atomic E-state index is -0.560. The second-order valence-electron chi connectivity index (χ2n) is 5.12. The molecule has 17 heavy (non-hydrogen) atoms. The van der Waals surface area contributed by atoms with Gasteiger partial charge in [-0.2, -0.15) is 0 Å². The van der Waals surface area contributed by atoms with Gasteiger partial charge in [-0.25, -0.2) is 0 Å². The number of aryl methyl sites for hydroxylation is 1. The molecule has 0 bridgehead atoms. The maximum Gasteiger partial charge on any atom is 0.312 e. The SMILES string of the molecule is COC(=O)C(C)(C)C1(c2sccc2C)COC1. The highest BCUT2D eigenvalue weighted by atomic mass is 32.1. The summed E-state index contributed by atoms with van der Waals surface area (Å²) in [6.07, 6.45) is 0. The molecule has 0 aromatic carbocycles. The quantitative estimate of drug-likeness (QED) is 0.778. The molecule has 0 unspecified atom stereocenters. The van der Waals surface area contributed by atoms with Crippen LogP contribution in [0.25, 0.3) is 0 Å². The van der Waals surface area contributed by atoms with Gasteiger partial charge in [-0.3, -0.25) is 4.79 Å². The first-order chi connectivity index (χ1) is 7.95. The number of ether oxygens (including phenoxy) is 2. The Morgan fingerprint density at radius 3 is 2.53 bits per heavy atom. The second kappa shape index (κ2) is 4.10. The highest BCUT2D eigenvalue weighted by molar-refractivity contribution is 7.10. The number of esters is 1. The van der Waals surface area contributed by atoms with Crippen LogP contribution in [0.2, 0.25) is 0 Å². The van der Waals surface area contributed by atoms with Crippen LogP contribution in [0.1, 0.15) is 24.3 Å². The maximum atomic E-state index is 12.0. The summed E-state index contributed by atoms with van der Waals surface area (Å²) >= 11 is 1.70. The number of hydrogen-bond acceptors (Lipinski definition) is 4. The van der Waals surface area contributed by atoms with E-state index in [9.17, 15) is 4.79 Å². The monoisotopic (exact) mass is 254 g/mol. The maximum absolute atomic E-state index is 12.0. The summed E-state index contributed by atoms with van der Waals surface area (Å²) in [7, 11) is 1.44. The molecule has 1 aromatic rings. The summed E-state index contributed by atoms with van der Waals surface area (Å²) in [4.78, 5) is 13.3. The average Bonchev–Trinajstić information content (AvgIpc) is 2.62. The zero-order valence-corrected chi connectivity index (χ0v) is 11.5. The average molecular weight is 254 g/mol. The highest BCUT2D eigenvalue weighted by Gasteiger charge is 2.57. The molecule has 1 aliphatic heterocycles. The van der Waals surface area contributed by atoms with Gasteiger partial charge < -0.3 is 9.47 Å².